The number of halogens is 1. The second-order valence-corrected chi connectivity index (χ2v) is 11.5. The van der Waals surface area contributed by atoms with Crippen molar-refractivity contribution in [2.45, 2.75) is 57.4 Å². The van der Waals surface area contributed by atoms with Crippen molar-refractivity contribution < 1.29 is 32.9 Å². The fourth-order valence-corrected chi connectivity index (χ4v) is 5.66. The van der Waals surface area contributed by atoms with Gasteiger partial charge in [-0.15, -0.1) is 0 Å². The highest BCUT2D eigenvalue weighted by atomic mass is 19.1. The summed E-state index contributed by atoms with van der Waals surface area (Å²) in [6, 6.07) is 4.60. The molecule has 13 nitrogen and oxygen atoms in total. The van der Waals surface area contributed by atoms with Gasteiger partial charge in [-0.3, -0.25) is 4.79 Å². The standard InChI is InChI=1S/C32H50FN7O6/c1-42-15-16-45-19-20-46-18-17-44-14-12-29(41)40-13-6-9-26(40)23-35-31-37-30(34-22-24-7-4-3-5-8-24)38-32(39-31)36-25-10-11-28(43-2)27(33)21-25/h10-11,21,24,26H,3-9,12-20,22-23H2,1-2H3,(H3,34,35,36,37,38,39). The van der Waals surface area contributed by atoms with Crippen LogP contribution in [-0.4, -0.2) is 112 Å². The van der Waals surface area contributed by atoms with Gasteiger partial charge in [0.15, 0.2) is 11.6 Å². The normalized spacial score (nSPS) is 16.8. The fraction of sp³-hybridized carbons (Fsp3) is 0.688. The van der Waals surface area contributed by atoms with Crippen molar-refractivity contribution in [2.24, 2.45) is 5.92 Å². The maximum Gasteiger partial charge on any atom is 0.233 e. The number of nitrogens with zero attached hydrogens (tertiary/aromatic N) is 4. The Kier molecular flexibility index (Phi) is 15.5. The first kappa shape index (κ1) is 35.5. The minimum Gasteiger partial charge on any atom is -0.494 e. The third-order valence-electron chi connectivity index (χ3n) is 8.15. The molecule has 1 saturated heterocycles. The Labute approximate surface area is 271 Å². The van der Waals surface area contributed by atoms with Crippen LogP contribution in [-0.2, 0) is 23.7 Å². The van der Waals surface area contributed by atoms with Crippen LogP contribution in [0.2, 0.25) is 0 Å². The number of aromatic nitrogens is 3. The highest BCUT2D eigenvalue weighted by Gasteiger charge is 2.28. The molecular formula is C32H50FN7O6. The van der Waals surface area contributed by atoms with E-state index in [9.17, 15) is 9.18 Å². The molecule has 1 atom stereocenters. The molecule has 3 N–H and O–H groups in total. The molecule has 2 fully saturated rings. The van der Waals surface area contributed by atoms with E-state index in [4.69, 9.17) is 23.7 Å². The Balaban J connectivity index is 1.26. The number of hydrogen-bond acceptors (Lipinski definition) is 12. The number of nitrogens with one attached hydrogen (secondary N) is 3. The number of carbonyl (C=O) groups is 1. The molecule has 4 rings (SSSR count). The summed E-state index contributed by atoms with van der Waals surface area (Å²) in [5.74, 6) is 1.42. The molecular weight excluding hydrogens is 597 g/mol. The van der Waals surface area contributed by atoms with Gasteiger partial charge in [-0.05, 0) is 43.7 Å². The smallest absolute Gasteiger partial charge is 0.233 e. The molecule has 1 unspecified atom stereocenters. The maximum atomic E-state index is 14.3. The number of hydrogen-bond donors (Lipinski definition) is 3. The lowest BCUT2D eigenvalue weighted by molar-refractivity contribution is -0.133. The zero-order valence-corrected chi connectivity index (χ0v) is 27.2. The van der Waals surface area contributed by atoms with Gasteiger partial charge in [0.25, 0.3) is 0 Å². The summed E-state index contributed by atoms with van der Waals surface area (Å²) in [5, 5.41) is 9.80. The zero-order chi connectivity index (χ0) is 32.4. The summed E-state index contributed by atoms with van der Waals surface area (Å²) in [5.41, 5.74) is 0.488. The zero-order valence-electron chi connectivity index (χ0n) is 27.2. The minimum absolute atomic E-state index is 0.0106. The molecule has 2 heterocycles. The predicted octanol–water partition coefficient (Wildman–Crippen LogP) is 4.24. The lowest BCUT2D eigenvalue weighted by Crippen LogP contribution is -2.40. The van der Waals surface area contributed by atoms with Gasteiger partial charge in [0.2, 0.25) is 23.8 Å². The molecule has 46 heavy (non-hydrogen) atoms. The number of rotatable bonds is 21. The van der Waals surface area contributed by atoms with Crippen LogP contribution in [0.3, 0.4) is 0 Å². The Hall–Kier alpha value is -3.33. The van der Waals surface area contributed by atoms with E-state index in [-0.39, 0.29) is 23.6 Å². The van der Waals surface area contributed by atoms with E-state index >= 15 is 0 Å². The van der Waals surface area contributed by atoms with Crippen molar-refractivity contribution in [1.29, 1.82) is 0 Å². The van der Waals surface area contributed by atoms with Gasteiger partial charge >= 0.3 is 0 Å². The maximum absolute atomic E-state index is 14.3. The van der Waals surface area contributed by atoms with Crippen molar-refractivity contribution in [3.8, 4) is 5.75 Å². The molecule has 256 valence electrons. The quantitative estimate of drug-likeness (QED) is 0.167. The van der Waals surface area contributed by atoms with E-state index in [0.29, 0.717) is 89.3 Å². The molecule has 1 aromatic heterocycles. The van der Waals surface area contributed by atoms with Gasteiger partial charge in [0.05, 0.1) is 59.8 Å². The molecule has 0 bridgehead atoms. The summed E-state index contributed by atoms with van der Waals surface area (Å²) >= 11 is 0. The SMILES string of the molecule is COCCOCCOCCOCCC(=O)N1CCCC1CNc1nc(NCC2CCCCC2)nc(Nc2ccc(OC)c(F)c2)n1. The molecule has 1 amide bonds. The molecule has 1 aliphatic heterocycles. The largest absolute Gasteiger partial charge is 0.494 e. The molecule has 0 radical (unpaired) electrons. The van der Waals surface area contributed by atoms with Gasteiger partial charge in [0.1, 0.15) is 0 Å². The highest BCUT2D eigenvalue weighted by molar-refractivity contribution is 5.77. The first-order valence-electron chi connectivity index (χ1n) is 16.4. The Morgan fingerprint density at radius 3 is 2.15 bits per heavy atom. The fourth-order valence-electron chi connectivity index (χ4n) is 5.66. The van der Waals surface area contributed by atoms with Gasteiger partial charge in [0, 0.05) is 44.5 Å². The summed E-state index contributed by atoms with van der Waals surface area (Å²) in [6.45, 7) is 5.31. The molecule has 2 aliphatic rings. The van der Waals surface area contributed by atoms with Crippen LogP contribution in [0.1, 0.15) is 51.4 Å². The van der Waals surface area contributed by atoms with E-state index < -0.39 is 5.82 Å². The number of ether oxygens (including phenoxy) is 5. The minimum atomic E-state index is -0.486. The second kappa shape index (κ2) is 20.0. The Morgan fingerprint density at radius 1 is 0.826 bits per heavy atom. The van der Waals surface area contributed by atoms with Crippen LogP contribution >= 0.6 is 0 Å². The topological polar surface area (TPSA) is 141 Å². The average Bonchev–Trinajstić information content (AvgIpc) is 3.55. The van der Waals surface area contributed by atoms with Crippen LogP contribution in [0.5, 0.6) is 5.75 Å². The number of anilines is 4. The molecule has 2 aromatic rings. The molecule has 1 aromatic carbocycles. The van der Waals surface area contributed by atoms with Crippen LogP contribution in [0.15, 0.2) is 18.2 Å². The van der Waals surface area contributed by atoms with Crippen LogP contribution in [0.4, 0.5) is 27.9 Å². The van der Waals surface area contributed by atoms with Crippen molar-refractivity contribution in [3.63, 3.8) is 0 Å². The summed E-state index contributed by atoms with van der Waals surface area (Å²) in [7, 11) is 3.06. The molecule has 1 aliphatic carbocycles. The summed E-state index contributed by atoms with van der Waals surface area (Å²) in [6.07, 6.45) is 8.28. The number of carbonyl (C=O) groups excluding carboxylic acids is 1. The highest BCUT2D eigenvalue weighted by Crippen LogP contribution is 2.26. The first-order chi connectivity index (χ1) is 22.6. The van der Waals surface area contributed by atoms with Crippen molar-refractivity contribution >= 4 is 29.4 Å². The van der Waals surface area contributed by atoms with Crippen molar-refractivity contribution in [1.82, 2.24) is 19.9 Å². The summed E-state index contributed by atoms with van der Waals surface area (Å²) in [4.78, 5) is 28.6. The predicted molar refractivity (Wildman–Crippen MR) is 173 cm³/mol. The Bertz CT molecular complexity index is 1190. The van der Waals surface area contributed by atoms with Gasteiger partial charge in [-0.1, -0.05) is 19.3 Å². The first-order valence-corrected chi connectivity index (χ1v) is 16.4. The number of amides is 1. The van der Waals surface area contributed by atoms with E-state index in [1.807, 2.05) is 4.90 Å². The van der Waals surface area contributed by atoms with Crippen LogP contribution in [0, 0.1) is 11.7 Å². The number of benzene rings is 1. The third-order valence-corrected chi connectivity index (χ3v) is 8.15. The van der Waals surface area contributed by atoms with Gasteiger partial charge in [-0.25, -0.2) is 4.39 Å². The van der Waals surface area contributed by atoms with Gasteiger partial charge in [-0.2, -0.15) is 15.0 Å². The van der Waals surface area contributed by atoms with E-state index in [1.165, 1.54) is 45.3 Å². The summed E-state index contributed by atoms with van der Waals surface area (Å²) < 4.78 is 40.7. The third kappa shape index (κ3) is 12.1. The van der Waals surface area contributed by atoms with Crippen LogP contribution < -0.4 is 20.7 Å². The lowest BCUT2D eigenvalue weighted by atomic mass is 9.89. The molecule has 0 spiro atoms. The Morgan fingerprint density at radius 2 is 1.48 bits per heavy atom. The van der Waals surface area contributed by atoms with E-state index in [1.54, 1.807) is 19.2 Å². The second-order valence-electron chi connectivity index (χ2n) is 11.5. The molecule has 14 heteroatoms. The molecule has 1 saturated carbocycles. The van der Waals surface area contributed by atoms with E-state index in [2.05, 4.69) is 30.9 Å². The number of methoxy groups -OCH3 is 2. The van der Waals surface area contributed by atoms with Crippen molar-refractivity contribution in [2.75, 3.05) is 96.1 Å². The van der Waals surface area contributed by atoms with Crippen LogP contribution in [0.25, 0.3) is 0 Å². The van der Waals surface area contributed by atoms with Gasteiger partial charge < -0.3 is 44.5 Å². The lowest BCUT2D eigenvalue weighted by Gasteiger charge is -2.25. The van der Waals surface area contributed by atoms with Crippen molar-refractivity contribution in [3.05, 3.63) is 24.0 Å². The monoisotopic (exact) mass is 647 g/mol. The number of likely N-dealkylation sites (tertiary alicyclic amines) is 1. The van der Waals surface area contributed by atoms with E-state index in [0.717, 1.165) is 19.4 Å². The average molecular weight is 648 g/mol.